The van der Waals surface area contributed by atoms with Crippen molar-refractivity contribution in [3.05, 3.63) is 64.3 Å². The molecule has 0 aliphatic rings. The number of hydrogen-bond acceptors (Lipinski definition) is 6. The van der Waals surface area contributed by atoms with E-state index in [1.54, 1.807) is 6.07 Å². The summed E-state index contributed by atoms with van der Waals surface area (Å²) in [7, 11) is 0. The maximum absolute atomic E-state index is 13.6. The van der Waals surface area contributed by atoms with Crippen LogP contribution in [0.4, 0.5) is 13.8 Å². The van der Waals surface area contributed by atoms with E-state index in [9.17, 15) is 18.4 Å². The minimum atomic E-state index is -0.946. The quantitative estimate of drug-likeness (QED) is 0.447. The minimum Gasteiger partial charge on any atom is -0.465 e. The Labute approximate surface area is 147 Å². The molecule has 0 saturated carbocycles. The second-order valence-electron chi connectivity index (χ2n) is 5.07. The monoisotopic (exact) mass is 366 g/mol. The molecule has 1 aromatic heterocycles. The van der Waals surface area contributed by atoms with Crippen LogP contribution in [0.5, 0.6) is 0 Å². The van der Waals surface area contributed by atoms with E-state index >= 15 is 0 Å². The number of allylic oxidation sites excluding steroid dienone is 1. The number of esters is 1. The Kier molecular flexibility index (Phi) is 6.24. The highest BCUT2D eigenvalue weighted by Crippen LogP contribution is 2.23. The third-order valence-corrected chi connectivity index (χ3v) is 4.13. The Morgan fingerprint density at radius 2 is 2.04 bits per heavy atom. The number of ketones is 1. The van der Waals surface area contributed by atoms with E-state index in [-0.39, 0.29) is 24.0 Å². The number of anilines is 1. The standard InChI is InChI=1S/C17H16F2N2O3S/c1-10(22)24-7-6-12-3-5-17(25-12)21-16(20)9-15(23)13-4-2-11(18)8-14(13)19/h2-5,8-9,21H,6-7,20H2,1H3/b16-9+. The van der Waals surface area contributed by atoms with Crippen molar-refractivity contribution in [3.8, 4) is 0 Å². The summed E-state index contributed by atoms with van der Waals surface area (Å²) in [4.78, 5) is 23.7. The molecule has 0 aliphatic heterocycles. The SMILES string of the molecule is CC(=O)OCCc1ccc(N/C(N)=C/C(=O)c2ccc(F)cc2F)s1. The molecule has 1 aromatic carbocycles. The topological polar surface area (TPSA) is 81.4 Å². The zero-order chi connectivity index (χ0) is 18.4. The van der Waals surface area contributed by atoms with Gasteiger partial charge in [0.05, 0.1) is 17.2 Å². The number of benzene rings is 1. The second-order valence-corrected chi connectivity index (χ2v) is 6.24. The van der Waals surface area contributed by atoms with E-state index in [1.807, 2.05) is 6.07 Å². The molecule has 1 heterocycles. The molecule has 2 rings (SSSR count). The molecule has 0 unspecified atom stereocenters. The molecule has 0 spiro atoms. The van der Waals surface area contributed by atoms with Gasteiger partial charge < -0.3 is 15.8 Å². The van der Waals surface area contributed by atoms with E-state index in [2.05, 4.69) is 5.32 Å². The largest absolute Gasteiger partial charge is 0.465 e. The second kappa shape index (κ2) is 8.39. The summed E-state index contributed by atoms with van der Waals surface area (Å²) in [5.74, 6) is -2.69. The van der Waals surface area contributed by atoms with Gasteiger partial charge in [-0.1, -0.05) is 0 Å². The Balaban J connectivity index is 1.97. The smallest absolute Gasteiger partial charge is 0.302 e. The molecule has 2 aromatic rings. The maximum atomic E-state index is 13.6. The molecule has 0 saturated heterocycles. The lowest BCUT2D eigenvalue weighted by molar-refractivity contribution is -0.140. The lowest BCUT2D eigenvalue weighted by Gasteiger charge is -2.04. The van der Waals surface area contributed by atoms with Gasteiger partial charge in [-0.3, -0.25) is 9.59 Å². The van der Waals surface area contributed by atoms with Gasteiger partial charge in [-0.05, 0) is 24.3 Å². The van der Waals surface area contributed by atoms with E-state index in [4.69, 9.17) is 10.5 Å². The summed E-state index contributed by atoms with van der Waals surface area (Å²) >= 11 is 1.38. The highest BCUT2D eigenvalue weighted by atomic mass is 32.1. The van der Waals surface area contributed by atoms with Crippen molar-refractivity contribution in [1.82, 2.24) is 0 Å². The number of nitrogens with two attached hydrogens (primary N) is 1. The van der Waals surface area contributed by atoms with Crippen molar-refractivity contribution in [1.29, 1.82) is 0 Å². The van der Waals surface area contributed by atoms with Gasteiger partial charge in [-0.2, -0.15) is 0 Å². The van der Waals surface area contributed by atoms with Gasteiger partial charge in [0.15, 0.2) is 5.78 Å². The zero-order valence-corrected chi connectivity index (χ0v) is 14.2. The zero-order valence-electron chi connectivity index (χ0n) is 13.3. The lowest BCUT2D eigenvalue weighted by atomic mass is 10.1. The van der Waals surface area contributed by atoms with Gasteiger partial charge >= 0.3 is 5.97 Å². The van der Waals surface area contributed by atoms with Crippen LogP contribution < -0.4 is 11.1 Å². The number of thiophene rings is 1. The number of nitrogens with one attached hydrogen (secondary N) is 1. The van der Waals surface area contributed by atoms with Gasteiger partial charge in [-0.25, -0.2) is 8.78 Å². The normalized spacial score (nSPS) is 11.2. The summed E-state index contributed by atoms with van der Waals surface area (Å²) < 4.78 is 31.3. The predicted octanol–water partition coefficient (Wildman–Crippen LogP) is 3.23. The summed E-state index contributed by atoms with van der Waals surface area (Å²) in [5.41, 5.74) is 5.48. The molecular weight excluding hydrogens is 350 g/mol. The molecule has 5 nitrogen and oxygen atoms in total. The van der Waals surface area contributed by atoms with E-state index in [1.165, 1.54) is 18.3 Å². The van der Waals surface area contributed by atoms with Crippen LogP contribution in [0.15, 0.2) is 42.2 Å². The third-order valence-electron chi connectivity index (χ3n) is 3.07. The van der Waals surface area contributed by atoms with Gasteiger partial charge in [0.1, 0.15) is 17.5 Å². The van der Waals surface area contributed by atoms with Crippen molar-refractivity contribution in [3.63, 3.8) is 0 Å². The first kappa shape index (κ1) is 18.6. The van der Waals surface area contributed by atoms with Crippen LogP contribution in [-0.2, 0) is 16.0 Å². The van der Waals surface area contributed by atoms with Crippen LogP contribution in [0.25, 0.3) is 0 Å². The predicted molar refractivity (Wildman–Crippen MR) is 91.2 cm³/mol. The maximum Gasteiger partial charge on any atom is 0.302 e. The third kappa shape index (κ3) is 5.68. The summed E-state index contributed by atoms with van der Waals surface area (Å²) in [5, 5.41) is 3.50. The Hall–Kier alpha value is -2.74. The van der Waals surface area contributed by atoms with Crippen molar-refractivity contribution >= 4 is 28.1 Å². The summed E-state index contributed by atoms with van der Waals surface area (Å²) in [6.07, 6.45) is 1.60. The highest BCUT2D eigenvalue weighted by Gasteiger charge is 2.11. The Morgan fingerprint density at radius 1 is 1.28 bits per heavy atom. The lowest BCUT2D eigenvalue weighted by Crippen LogP contribution is -2.11. The van der Waals surface area contributed by atoms with E-state index in [0.29, 0.717) is 17.5 Å². The molecule has 0 aliphatic carbocycles. The number of carbonyl (C=O) groups is 2. The fourth-order valence-corrected chi connectivity index (χ4v) is 2.87. The molecule has 8 heteroatoms. The van der Waals surface area contributed by atoms with Gasteiger partial charge in [0, 0.05) is 30.4 Å². The summed E-state index contributed by atoms with van der Waals surface area (Å²) in [6, 6.07) is 6.31. The van der Waals surface area contributed by atoms with Crippen LogP contribution in [-0.4, -0.2) is 18.4 Å². The molecule has 0 atom stereocenters. The number of rotatable bonds is 7. The van der Waals surface area contributed by atoms with Crippen molar-refractivity contribution in [2.24, 2.45) is 5.73 Å². The van der Waals surface area contributed by atoms with Crippen LogP contribution in [0.1, 0.15) is 22.2 Å². The van der Waals surface area contributed by atoms with Crippen LogP contribution in [0.3, 0.4) is 0 Å². The molecule has 3 N–H and O–H groups in total. The van der Waals surface area contributed by atoms with Gasteiger partial charge in [0.2, 0.25) is 0 Å². The highest BCUT2D eigenvalue weighted by molar-refractivity contribution is 7.16. The number of halogens is 2. The van der Waals surface area contributed by atoms with Gasteiger partial charge in [0.25, 0.3) is 0 Å². The number of carbonyl (C=O) groups excluding carboxylic acids is 2. The molecular formula is C17H16F2N2O3S. The molecule has 0 bridgehead atoms. The first-order valence-electron chi connectivity index (χ1n) is 7.31. The molecule has 0 fully saturated rings. The number of ether oxygens (including phenoxy) is 1. The summed E-state index contributed by atoms with van der Waals surface area (Å²) in [6.45, 7) is 1.62. The Morgan fingerprint density at radius 3 is 2.72 bits per heavy atom. The van der Waals surface area contributed by atoms with Crippen molar-refractivity contribution < 1.29 is 23.1 Å². The van der Waals surface area contributed by atoms with Gasteiger partial charge in [-0.15, -0.1) is 11.3 Å². The average molecular weight is 366 g/mol. The average Bonchev–Trinajstić information content (AvgIpc) is 2.93. The first-order chi connectivity index (χ1) is 11.8. The van der Waals surface area contributed by atoms with Crippen LogP contribution >= 0.6 is 11.3 Å². The minimum absolute atomic E-state index is 0.0297. The molecule has 25 heavy (non-hydrogen) atoms. The molecule has 0 amide bonds. The number of hydrogen-bond donors (Lipinski definition) is 2. The first-order valence-corrected chi connectivity index (χ1v) is 8.12. The van der Waals surface area contributed by atoms with Crippen LogP contribution in [0.2, 0.25) is 0 Å². The molecule has 132 valence electrons. The fourth-order valence-electron chi connectivity index (χ4n) is 1.96. The fraction of sp³-hybridized carbons (Fsp3) is 0.176. The van der Waals surface area contributed by atoms with E-state index < -0.39 is 17.4 Å². The van der Waals surface area contributed by atoms with E-state index in [0.717, 1.165) is 23.1 Å². The van der Waals surface area contributed by atoms with Crippen molar-refractivity contribution in [2.75, 3.05) is 11.9 Å². The Bertz CT molecular complexity index is 818. The molecule has 0 radical (unpaired) electrons. The van der Waals surface area contributed by atoms with Crippen molar-refractivity contribution in [2.45, 2.75) is 13.3 Å². The van der Waals surface area contributed by atoms with Crippen LogP contribution in [0, 0.1) is 11.6 Å².